The van der Waals surface area contributed by atoms with E-state index in [2.05, 4.69) is 5.32 Å². The van der Waals surface area contributed by atoms with Crippen LogP contribution in [0.2, 0.25) is 0 Å². The second-order valence-electron chi connectivity index (χ2n) is 10.5. The molecule has 0 spiro atoms. The highest BCUT2D eigenvalue weighted by Gasteiger charge is 2.35. The van der Waals surface area contributed by atoms with Crippen molar-refractivity contribution in [2.45, 2.75) is 37.8 Å². The third-order valence-electron chi connectivity index (χ3n) is 7.42. The lowest BCUT2D eigenvalue weighted by Gasteiger charge is -2.33. The number of sulfonamides is 1. The van der Waals surface area contributed by atoms with Crippen molar-refractivity contribution in [2.24, 2.45) is 0 Å². The van der Waals surface area contributed by atoms with Gasteiger partial charge in [0.05, 0.1) is 22.6 Å². The number of nitro groups is 1. The van der Waals surface area contributed by atoms with Crippen molar-refractivity contribution in [1.82, 2.24) is 10.2 Å². The van der Waals surface area contributed by atoms with Crippen LogP contribution in [0.5, 0.6) is 5.75 Å². The minimum atomic E-state index is -4.52. The predicted octanol–water partition coefficient (Wildman–Crippen LogP) is 4.88. The van der Waals surface area contributed by atoms with E-state index < -0.39 is 33.4 Å². The number of hydrogen-bond donors (Lipinski definition) is 1. The summed E-state index contributed by atoms with van der Waals surface area (Å²) >= 11 is 0. The van der Waals surface area contributed by atoms with Crippen LogP contribution in [-0.2, 0) is 32.6 Å². The van der Waals surface area contributed by atoms with Gasteiger partial charge in [-0.3, -0.25) is 24.0 Å². The molecule has 2 amide bonds. The van der Waals surface area contributed by atoms with Gasteiger partial charge in [0.15, 0.2) is 0 Å². The molecule has 4 aromatic rings. The van der Waals surface area contributed by atoms with Crippen molar-refractivity contribution >= 4 is 33.2 Å². The quantitative estimate of drug-likeness (QED) is 0.152. The fourth-order valence-corrected chi connectivity index (χ4v) is 6.41. The average molecular weight is 645 g/mol. The Hall–Kier alpha value is -5.23. The zero-order valence-electron chi connectivity index (χ0n) is 25.8. The Morgan fingerprint density at radius 3 is 2.09 bits per heavy atom. The fourth-order valence-electron chi connectivity index (χ4n) is 4.98. The summed E-state index contributed by atoms with van der Waals surface area (Å²) in [5, 5.41) is 14.5. The van der Waals surface area contributed by atoms with Crippen molar-refractivity contribution in [3.8, 4) is 5.75 Å². The van der Waals surface area contributed by atoms with Crippen LogP contribution in [0.3, 0.4) is 0 Å². The molecule has 240 valence electrons. The van der Waals surface area contributed by atoms with Crippen LogP contribution in [0, 0.1) is 17.0 Å². The number of aryl methyl sites for hydroxylation is 1. The van der Waals surface area contributed by atoms with Gasteiger partial charge in [-0.25, -0.2) is 8.42 Å². The van der Waals surface area contributed by atoms with Crippen LogP contribution < -0.4 is 14.4 Å². The molecule has 0 saturated carbocycles. The number of carbonyl (C=O) groups is 2. The SMILES string of the molecule is CCNC(=O)[C@@H](Cc1ccccc1)N(Cc1ccccc1)C(=O)CN(c1ccc(OC)cc1)S(=O)(=O)c1ccc(C)c([N+](=O)[O-])c1. The molecule has 12 heteroatoms. The lowest BCUT2D eigenvalue weighted by Crippen LogP contribution is -2.53. The lowest BCUT2D eigenvalue weighted by molar-refractivity contribution is -0.385. The van der Waals surface area contributed by atoms with Crippen molar-refractivity contribution in [3.63, 3.8) is 0 Å². The molecule has 4 rings (SSSR count). The molecule has 1 N–H and O–H groups in total. The summed E-state index contributed by atoms with van der Waals surface area (Å²) in [5.74, 6) is -0.566. The largest absolute Gasteiger partial charge is 0.497 e. The third-order valence-corrected chi connectivity index (χ3v) is 9.19. The number of likely N-dealkylation sites (N-methyl/N-ethyl adjacent to an activating group) is 1. The van der Waals surface area contributed by atoms with Crippen LogP contribution in [0.1, 0.15) is 23.6 Å². The van der Waals surface area contributed by atoms with E-state index in [0.717, 1.165) is 21.5 Å². The van der Waals surface area contributed by atoms with Crippen molar-refractivity contribution in [2.75, 3.05) is 24.5 Å². The Balaban J connectivity index is 1.82. The maximum Gasteiger partial charge on any atom is 0.273 e. The van der Waals surface area contributed by atoms with Crippen LogP contribution in [-0.4, -0.2) is 56.3 Å². The predicted molar refractivity (Wildman–Crippen MR) is 175 cm³/mol. The van der Waals surface area contributed by atoms with Gasteiger partial charge in [-0.1, -0.05) is 66.7 Å². The zero-order chi connectivity index (χ0) is 33.3. The average Bonchev–Trinajstić information content (AvgIpc) is 3.06. The van der Waals surface area contributed by atoms with E-state index in [-0.39, 0.29) is 40.7 Å². The minimum Gasteiger partial charge on any atom is -0.497 e. The van der Waals surface area contributed by atoms with Gasteiger partial charge in [-0.2, -0.15) is 0 Å². The lowest BCUT2D eigenvalue weighted by atomic mass is 10.0. The molecule has 1 atom stereocenters. The maximum atomic E-state index is 14.4. The van der Waals surface area contributed by atoms with Crippen molar-refractivity contribution in [1.29, 1.82) is 0 Å². The van der Waals surface area contributed by atoms with Crippen LogP contribution in [0.15, 0.2) is 108 Å². The summed E-state index contributed by atoms with van der Waals surface area (Å²) < 4.78 is 34.6. The first-order valence-corrected chi connectivity index (χ1v) is 16.1. The number of carbonyl (C=O) groups excluding carboxylic acids is 2. The normalized spacial score (nSPS) is 11.7. The molecule has 0 aliphatic heterocycles. The maximum absolute atomic E-state index is 14.4. The summed E-state index contributed by atoms with van der Waals surface area (Å²) in [6, 6.07) is 27.1. The number of benzene rings is 4. The second kappa shape index (κ2) is 15.2. The van der Waals surface area contributed by atoms with Gasteiger partial charge in [-0.15, -0.1) is 0 Å². The number of methoxy groups -OCH3 is 1. The molecule has 0 aromatic heterocycles. The Morgan fingerprint density at radius 1 is 0.913 bits per heavy atom. The highest BCUT2D eigenvalue weighted by Crippen LogP contribution is 2.29. The summed E-state index contributed by atoms with van der Waals surface area (Å²) in [7, 11) is -3.06. The highest BCUT2D eigenvalue weighted by molar-refractivity contribution is 7.92. The molecule has 0 bridgehead atoms. The third kappa shape index (κ3) is 8.07. The number of nitro benzene ring substituents is 1. The molecular formula is C34H36N4O7S. The highest BCUT2D eigenvalue weighted by atomic mass is 32.2. The number of nitrogens with zero attached hydrogens (tertiary/aromatic N) is 3. The molecular weight excluding hydrogens is 608 g/mol. The molecule has 4 aromatic carbocycles. The van der Waals surface area contributed by atoms with Crippen molar-refractivity contribution in [3.05, 3.63) is 130 Å². The van der Waals surface area contributed by atoms with E-state index in [4.69, 9.17) is 4.74 Å². The van der Waals surface area contributed by atoms with Gasteiger partial charge in [-0.05, 0) is 55.3 Å². The summed E-state index contributed by atoms with van der Waals surface area (Å²) in [6.07, 6.45) is 0.185. The van der Waals surface area contributed by atoms with E-state index in [1.807, 2.05) is 60.7 Å². The number of ether oxygens (including phenoxy) is 1. The monoisotopic (exact) mass is 644 g/mol. The number of amides is 2. The van der Waals surface area contributed by atoms with Crippen molar-refractivity contribution < 1.29 is 27.7 Å². The van der Waals surface area contributed by atoms with Gasteiger partial charge < -0.3 is 15.0 Å². The Labute approximate surface area is 268 Å². The van der Waals surface area contributed by atoms with Crippen LogP contribution in [0.4, 0.5) is 11.4 Å². The first-order valence-electron chi connectivity index (χ1n) is 14.6. The standard InChI is InChI=1S/C34H36N4O7S/c1-4-35-34(40)32(21-26-11-7-5-8-12-26)36(23-27-13-9-6-10-14-27)33(39)24-37(28-16-18-29(45-3)19-17-28)46(43,44)30-20-15-25(2)31(22-30)38(41)42/h5-20,22,32H,4,21,23-24H2,1-3H3,(H,35,40)/t32-/m1/s1. The number of nitrogens with one attached hydrogen (secondary N) is 1. The molecule has 0 fully saturated rings. The van der Waals surface area contributed by atoms with Gasteiger partial charge in [0.25, 0.3) is 15.7 Å². The number of anilines is 1. The molecule has 0 saturated heterocycles. The first kappa shape index (κ1) is 33.7. The summed E-state index contributed by atoms with van der Waals surface area (Å²) in [6.45, 7) is 2.96. The van der Waals surface area contributed by atoms with E-state index in [9.17, 15) is 28.1 Å². The molecule has 11 nitrogen and oxygen atoms in total. The number of hydrogen-bond acceptors (Lipinski definition) is 7. The molecule has 46 heavy (non-hydrogen) atoms. The van der Waals surface area contributed by atoms with Crippen LogP contribution >= 0.6 is 0 Å². The van der Waals surface area contributed by atoms with E-state index in [0.29, 0.717) is 12.3 Å². The van der Waals surface area contributed by atoms with Crippen LogP contribution in [0.25, 0.3) is 0 Å². The van der Waals surface area contributed by atoms with Gasteiger partial charge in [0.1, 0.15) is 18.3 Å². The fraction of sp³-hybridized carbons (Fsp3) is 0.235. The second-order valence-corrected chi connectivity index (χ2v) is 12.4. The van der Waals surface area contributed by atoms with Gasteiger partial charge in [0, 0.05) is 31.1 Å². The molecule has 0 radical (unpaired) electrons. The smallest absolute Gasteiger partial charge is 0.273 e. The molecule has 0 aliphatic rings. The van der Waals surface area contributed by atoms with E-state index in [1.165, 1.54) is 43.2 Å². The van der Waals surface area contributed by atoms with E-state index in [1.54, 1.807) is 19.1 Å². The Bertz CT molecular complexity index is 1770. The topological polar surface area (TPSA) is 139 Å². The molecule has 0 heterocycles. The van der Waals surface area contributed by atoms with Gasteiger partial charge >= 0.3 is 0 Å². The van der Waals surface area contributed by atoms with E-state index >= 15 is 0 Å². The Kier molecular flexibility index (Phi) is 11.1. The summed E-state index contributed by atoms with van der Waals surface area (Å²) in [5.41, 5.74) is 1.61. The first-order chi connectivity index (χ1) is 22.0. The molecule has 0 aliphatic carbocycles. The molecule has 0 unspecified atom stereocenters. The zero-order valence-corrected chi connectivity index (χ0v) is 26.6. The number of rotatable bonds is 14. The van der Waals surface area contributed by atoms with Gasteiger partial charge in [0.2, 0.25) is 11.8 Å². The summed E-state index contributed by atoms with van der Waals surface area (Å²) in [4.78, 5) is 40.0. The minimum absolute atomic E-state index is 0.0286. The Morgan fingerprint density at radius 2 is 1.52 bits per heavy atom.